The molecule has 3 aromatic rings. The van der Waals surface area contributed by atoms with Crippen molar-refractivity contribution in [3.63, 3.8) is 0 Å². The molecule has 1 amide bonds. The van der Waals surface area contributed by atoms with Gasteiger partial charge < -0.3 is 16.0 Å². The van der Waals surface area contributed by atoms with Crippen LogP contribution in [0.4, 0.5) is 11.6 Å². The molecule has 9 nitrogen and oxygen atoms in total. The number of piperidine rings is 1. The van der Waals surface area contributed by atoms with Gasteiger partial charge in [-0.15, -0.1) is 0 Å². The van der Waals surface area contributed by atoms with Gasteiger partial charge in [0.05, 0.1) is 11.4 Å². The SMILES string of the molecule is CN(C)C1CCN(Cc2ccc(NC(=O)c3nn(C)c4c3C(C)(C)Cc3cnc(N)nc3-4)cc2)CC1. The standard InChI is InChI=1S/C27H36N8O/c1-27(2)14-18-15-29-26(28)31-22(18)24-21(27)23(32-34(24)5)25(36)30-19-8-6-17(7-9-19)16-35-12-10-20(11-13-35)33(3)4/h6-9,15,20H,10-14,16H2,1-5H3,(H,30,36)(H2,28,29,31). The predicted octanol–water partition coefficient (Wildman–Crippen LogP) is 3.07. The van der Waals surface area contributed by atoms with Gasteiger partial charge in [0.1, 0.15) is 0 Å². The molecule has 1 aliphatic carbocycles. The Morgan fingerprint density at radius 1 is 1.19 bits per heavy atom. The van der Waals surface area contributed by atoms with Crippen molar-refractivity contribution in [1.82, 2.24) is 29.5 Å². The summed E-state index contributed by atoms with van der Waals surface area (Å²) >= 11 is 0. The van der Waals surface area contributed by atoms with Crippen LogP contribution in [0.3, 0.4) is 0 Å². The molecule has 9 heteroatoms. The number of carbonyl (C=O) groups is 1. The maximum atomic E-state index is 13.4. The van der Waals surface area contributed by atoms with Crippen LogP contribution in [0.2, 0.25) is 0 Å². The maximum absolute atomic E-state index is 13.4. The Kier molecular flexibility index (Phi) is 6.30. The van der Waals surface area contributed by atoms with Crippen molar-refractivity contribution < 1.29 is 4.79 Å². The van der Waals surface area contributed by atoms with Crippen LogP contribution in [0.5, 0.6) is 0 Å². The zero-order valence-electron chi connectivity index (χ0n) is 21.9. The molecule has 0 saturated carbocycles. The molecule has 36 heavy (non-hydrogen) atoms. The number of nitrogens with one attached hydrogen (secondary N) is 1. The summed E-state index contributed by atoms with van der Waals surface area (Å²) in [5.74, 6) is -0.00215. The number of anilines is 2. The lowest BCUT2D eigenvalue weighted by atomic mass is 9.73. The molecule has 3 heterocycles. The highest BCUT2D eigenvalue weighted by atomic mass is 16.2. The normalized spacial score (nSPS) is 17.6. The minimum absolute atomic E-state index is 0.216. The zero-order valence-corrected chi connectivity index (χ0v) is 21.9. The van der Waals surface area contributed by atoms with Crippen LogP contribution in [0, 0.1) is 0 Å². The fourth-order valence-electron chi connectivity index (χ4n) is 5.65. The van der Waals surface area contributed by atoms with Crippen molar-refractivity contribution in [3.8, 4) is 11.4 Å². The van der Waals surface area contributed by atoms with E-state index in [1.165, 1.54) is 18.4 Å². The molecular weight excluding hydrogens is 452 g/mol. The summed E-state index contributed by atoms with van der Waals surface area (Å²) in [5.41, 5.74) is 11.5. The van der Waals surface area contributed by atoms with Crippen molar-refractivity contribution in [2.75, 3.05) is 38.2 Å². The second kappa shape index (κ2) is 9.29. The van der Waals surface area contributed by atoms with E-state index in [-0.39, 0.29) is 17.3 Å². The number of hydrogen-bond donors (Lipinski definition) is 2. The van der Waals surface area contributed by atoms with E-state index < -0.39 is 0 Å². The molecular formula is C27H36N8O. The molecule has 0 atom stereocenters. The van der Waals surface area contributed by atoms with Gasteiger partial charge in [0, 0.05) is 37.1 Å². The second-order valence-corrected chi connectivity index (χ2v) is 11.0. The molecule has 190 valence electrons. The number of fused-ring (bicyclic) bond motifs is 3. The van der Waals surface area contributed by atoms with Crippen LogP contribution in [-0.2, 0) is 25.4 Å². The smallest absolute Gasteiger partial charge is 0.276 e. The minimum Gasteiger partial charge on any atom is -0.368 e. The molecule has 2 aliphatic rings. The molecule has 0 radical (unpaired) electrons. The number of hydrogen-bond acceptors (Lipinski definition) is 7. The summed E-state index contributed by atoms with van der Waals surface area (Å²) < 4.78 is 1.74. The van der Waals surface area contributed by atoms with E-state index in [0.717, 1.165) is 47.8 Å². The first kappa shape index (κ1) is 24.4. The number of carbonyl (C=O) groups excluding carboxylic acids is 1. The first-order valence-corrected chi connectivity index (χ1v) is 12.6. The molecule has 0 unspecified atom stereocenters. The first-order valence-electron chi connectivity index (χ1n) is 12.6. The topological polar surface area (TPSA) is 105 Å². The van der Waals surface area contributed by atoms with Gasteiger partial charge in [-0.25, -0.2) is 9.97 Å². The summed E-state index contributed by atoms with van der Waals surface area (Å²) in [6, 6.07) is 8.83. The number of nitrogen functional groups attached to an aromatic ring is 1. The van der Waals surface area contributed by atoms with E-state index in [0.29, 0.717) is 18.2 Å². The van der Waals surface area contributed by atoms with Gasteiger partial charge >= 0.3 is 0 Å². The molecule has 2 aromatic heterocycles. The summed E-state index contributed by atoms with van der Waals surface area (Å²) in [5, 5.41) is 7.67. The number of benzene rings is 1. The lowest BCUT2D eigenvalue weighted by molar-refractivity contribution is 0.101. The minimum atomic E-state index is -0.299. The van der Waals surface area contributed by atoms with Gasteiger partial charge in [-0.05, 0) is 75.1 Å². The van der Waals surface area contributed by atoms with Crippen molar-refractivity contribution in [1.29, 1.82) is 0 Å². The lowest BCUT2D eigenvalue weighted by Crippen LogP contribution is -2.41. The average molecular weight is 489 g/mol. The Balaban J connectivity index is 1.31. The predicted molar refractivity (Wildman–Crippen MR) is 142 cm³/mol. The fraction of sp³-hybridized carbons (Fsp3) is 0.481. The van der Waals surface area contributed by atoms with Crippen LogP contribution in [0.25, 0.3) is 11.4 Å². The molecule has 1 aliphatic heterocycles. The van der Waals surface area contributed by atoms with Gasteiger partial charge in [0.25, 0.3) is 5.91 Å². The van der Waals surface area contributed by atoms with Crippen LogP contribution < -0.4 is 11.1 Å². The largest absolute Gasteiger partial charge is 0.368 e. The van der Waals surface area contributed by atoms with Gasteiger partial charge in [-0.2, -0.15) is 5.10 Å². The summed E-state index contributed by atoms with van der Waals surface area (Å²) in [6.07, 6.45) is 4.90. The number of rotatable bonds is 5. The highest BCUT2D eigenvalue weighted by Gasteiger charge is 2.39. The summed E-state index contributed by atoms with van der Waals surface area (Å²) in [7, 11) is 6.17. The first-order chi connectivity index (χ1) is 17.1. The summed E-state index contributed by atoms with van der Waals surface area (Å²) in [4.78, 5) is 26.9. The van der Waals surface area contributed by atoms with E-state index in [2.05, 4.69) is 70.3 Å². The number of nitrogens with zero attached hydrogens (tertiary/aromatic N) is 6. The van der Waals surface area contributed by atoms with Gasteiger partial charge in [-0.3, -0.25) is 14.4 Å². The fourth-order valence-corrected chi connectivity index (χ4v) is 5.65. The highest BCUT2D eigenvalue weighted by molar-refractivity contribution is 6.05. The Hall–Kier alpha value is -3.30. The Labute approximate surface area is 212 Å². The third-order valence-corrected chi connectivity index (χ3v) is 7.58. The Morgan fingerprint density at radius 3 is 2.56 bits per heavy atom. The monoisotopic (exact) mass is 488 g/mol. The molecule has 1 aromatic carbocycles. The van der Waals surface area contributed by atoms with Gasteiger partial charge in [0.15, 0.2) is 5.69 Å². The van der Waals surface area contributed by atoms with Crippen LogP contribution in [-0.4, -0.2) is 68.7 Å². The molecule has 0 spiro atoms. The van der Waals surface area contributed by atoms with E-state index in [1.54, 1.807) is 10.9 Å². The van der Waals surface area contributed by atoms with E-state index in [9.17, 15) is 4.79 Å². The molecule has 0 bridgehead atoms. The molecule has 1 fully saturated rings. The van der Waals surface area contributed by atoms with E-state index in [4.69, 9.17) is 5.73 Å². The number of aromatic nitrogens is 4. The number of amides is 1. The summed E-state index contributed by atoms with van der Waals surface area (Å²) in [6.45, 7) is 7.41. The van der Waals surface area contributed by atoms with Crippen LogP contribution in [0.15, 0.2) is 30.5 Å². The van der Waals surface area contributed by atoms with Gasteiger partial charge in [0.2, 0.25) is 5.95 Å². The maximum Gasteiger partial charge on any atom is 0.276 e. The highest BCUT2D eigenvalue weighted by Crippen LogP contribution is 2.43. The zero-order chi connectivity index (χ0) is 25.6. The molecule has 5 rings (SSSR count). The molecule has 3 N–H and O–H groups in total. The van der Waals surface area contributed by atoms with E-state index >= 15 is 0 Å². The van der Waals surface area contributed by atoms with Crippen molar-refractivity contribution in [2.45, 2.75) is 51.1 Å². The Bertz CT molecular complexity index is 1270. The lowest BCUT2D eigenvalue weighted by Gasteiger charge is -2.35. The Morgan fingerprint density at radius 2 is 1.89 bits per heavy atom. The number of aryl methyl sites for hydroxylation is 1. The van der Waals surface area contributed by atoms with Crippen molar-refractivity contribution in [2.24, 2.45) is 7.05 Å². The van der Waals surface area contributed by atoms with Gasteiger partial charge in [-0.1, -0.05) is 26.0 Å². The third kappa shape index (κ3) is 4.60. The van der Waals surface area contributed by atoms with Crippen LogP contribution >= 0.6 is 0 Å². The van der Waals surface area contributed by atoms with E-state index in [1.807, 2.05) is 19.2 Å². The number of nitrogens with two attached hydrogens (primary N) is 1. The van der Waals surface area contributed by atoms with Crippen molar-refractivity contribution in [3.05, 3.63) is 52.8 Å². The number of likely N-dealkylation sites (tertiary alicyclic amines) is 1. The molecule has 1 saturated heterocycles. The second-order valence-electron chi connectivity index (χ2n) is 11.0. The quantitative estimate of drug-likeness (QED) is 0.569. The average Bonchev–Trinajstić information content (AvgIpc) is 3.20. The van der Waals surface area contributed by atoms with Crippen LogP contribution in [0.1, 0.15) is 53.9 Å². The third-order valence-electron chi connectivity index (χ3n) is 7.58. The van der Waals surface area contributed by atoms with Crippen molar-refractivity contribution >= 4 is 17.5 Å².